The predicted octanol–water partition coefficient (Wildman–Crippen LogP) is 1.17. The van der Waals surface area contributed by atoms with Crippen LogP contribution in [0.5, 0.6) is 0 Å². The molecular weight excluding hydrogens is 296 g/mol. The van der Waals surface area contributed by atoms with Gasteiger partial charge in [-0.05, 0) is 25.0 Å². The van der Waals surface area contributed by atoms with Crippen LogP contribution in [0, 0.1) is 10.1 Å². The normalized spacial score (nSPS) is 12.2. The molecule has 0 spiro atoms. The Hall–Kier alpha value is -1.71. The van der Waals surface area contributed by atoms with E-state index in [9.17, 15) is 18.5 Å². The van der Waals surface area contributed by atoms with Gasteiger partial charge in [-0.1, -0.05) is 13.8 Å². The first-order chi connectivity index (χ1) is 9.63. The zero-order valence-electron chi connectivity index (χ0n) is 12.0. The predicted molar refractivity (Wildman–Crippen MR) is 80.5 cm³/mol. The van der Waals surface area contributed by atoms with E-state index in [0.717, 1.165) is 6.07 Å². The molecule has 0 aliphatic heterocycles. The van der Waals surface area contributed by atoms with Gasteiger partial charge in [0.1, 0.15) is 5.69 Å². The third-order valence-corrected chi connectivity index (χ3v) is 4.44. The van der Waals surface area contributed by atoms with Crippen molar-refractivity contribution in [3.8, 4) is 0 Å². The lowest BCUT2D eigenvalue weighted by atomic mass is 9.94. The fourth-order valence-corrected chi connectivity index (χ4v) is 2.29. The Bertz CT molecular complexity index is 626. The second kappa shape index (κ2) is 6.37. The van der Waals surface area contributed by atoms with Crippen molar-refractivity contribution in [3.05, 3.63) is 28.3 Å². The van der Waals surface area contributed by atoms with Crippen molar-refractivity contribution >= 4 is 21.4 Å². The second-order valence-electron chi connectivity index (χ2n) is 4.90. The minimum atomic E-state index is -3.99. The lowest BCUT2D eigenvalue weighted by molar-refractivity contribution is -0.384. The zero-order chi connectivity index (χ0) is 16.3. The van der Waals surface area contributed by atoms with Crippen molar-refractivity contribution in [2.45, 2.75) is 37.1 Å². The number of nitro groups is 1. The first kappa shape index (κ1) is 17.3. The molecule has 0 aromatic heterocycles. The molecule has 1 aromatic carbocycles. The lowest BCUT2D eigenvalue weighted by Crippen LogP contribution is -2.45. The maximum absolute atomic E-state index is 11.2. The lowest BCUT2D eigenvalue weighted by Gasteiger charge is -2.27. The Labute approximate surface area is 123 Å². The Balaban J connectivity index is 3.11. The molecule has 0 aliphatic carbocycles. The molecule has 21 heavy (non-hydrogen) atoms. The van der Waals surface area contributed by atoms with Gasteiger partial charge < -0.3 is 11.1 Å². The van der Waals surface area contributed by atoms with Gasteiger partial charge in [0.05, 0.1) is 9.82 Å². The van der Waals surface area contributed by atoms with Crippen LogP contribution in [0.25, 0.3) is 0 Å². The molecule has 9 heteroatoms. The summed E-state index contributed by atoms with van der Waals surface area (Å²) >= 11 is 0. The van der Waals surface area contributed by atoms with E-state index >= 15 is 0 Å². The summed E-state index contributed by atoms with van der Waals surface area (Å²) in [5.74, 6) is 0. The van der Waals surface area contributed by atoms with E-state index in [-0.39, 0.29) is 16.3 Å². The van der Waals surface area contributed by atoms with Gasteiger partial charge in [-0.2, -0.15) is 0 Å². The molecule has 0 unspecified atom stereocenters. The monoisotopic (exact) mass is 316 g/mol. The maximum atomic E-state index is 11.2. The number of primary sulfonamides is 1. The van der Waals surface area contributed by atoms with Gasteiger partial charge in [0.25, 0.3) is 5.69 Å². The summed E-state index contributed by atoms with van der Waals surface area (Å²) in [6.07, 6.45) is 1.42. The molecule has 8 nitrogen and oxygen atoms in total. The van der Waals surface area contributed by atoms with Crippen molar-refractivity contribution in [3.63, 3.8) is 0 Å². The number of rotatable bonds is 7. The molecule has 0 atom stereocenters. The van der Waals surface area contributed by atoms with E-state index < -0.39 is 20.5 Å². The van der Waals surface area contributed by atoms with Gasteiger partial charge in [0.2, 0.25) is 10.0 Å². The molecule has 1 aromatic rings. The van der Waals surface area contributed by atoms with Crippen LogP contribution in [-0.4, -0.2) is 25.4 Å². The number of hydrogen-bond donors (Lipinski definition) is 3. The van der Waals surface area contributed by atoms with E-state index in [1.807, 2.05) is 13.8 Å². The van der Waals surface area contributed by atoms with Crippen LogP contribution >= 0.6 is 0 Å². The molecule has 0 fully saturated rings. The Kier molecular flexibility index (Phi) is 5.26. The highest BCUT2D eigenvalue weighted by Gasteiger charge is 2.23. The molecular formula is C12H20N4O4S. The molecule has 0 bridgehead atoms. The van der Waals surface area contributed by atoms with Crippen molar-refractivity contribution in [1.82, 2.24) is 0 Å². The maximum Gasteiger partial charge on any atom is 0.293 e. The van der Waals surface area contributed by atoms with Crippen molar-refractivity contribution in [2.75, 3.05) is 11.9 Å². The van der Waals surface area contributed by atoms with Crippen LogP contribution in [0.3, 0.4) is 0 Å². The fourth-order valence-electron chi connectivity index (χ4n) is 1.76. The van der Waals surface area contributed by atoms with Crippen molar-refractivity contribution in [1.29, 1.82) is 0 Å². The summed E-state index contributed by atoms with van der Waals surface area (Å²) in [5.41, 5.74) is 5.50. The minimum absolute atomic E-state index is 0.212. The van der Waals surface area contributed by atoms with Crippen LogP contribution in [0.15, 0.2) is 23.1 Å². The largest absolute Gasteiger partial charge is 0.378 e. The number of anilines is 1. The molecule has 0 saturated carbocycles. The molecule has 1 rings (SSSR count). The van der Waals surface area contributed by atoms with Gasteiger partial charge >= 0.3 is 0 Å². The SMILES string of the molecule is CCC(N)(CC)CNc1ccc(S(N)(=O)=O)cc1[N+](=O)[O-]. The number of benzene rings is 1. The Morgan fingerprint density at radius 2 is 1.90 bits per heavy atom. The number of nitrogens with zero attached hydrogens (tertiary/aromatic N) is 1. The first-order valence-electron chi connectivity index (χ1n) is 6.47. The first-order valence-corrected chi connectivity index (χ1v) is 8.01. The van der Waals surface area contributed by atoms with Gasteiger partial charge in [-0.3, -0.25) is 10.1 Å². The number of nitro benzene ring substituents is 1. The van der Waals surface area contributed by atoms with Crippen LogP contribution in [-0.2, 0) is 10.0 Å². The standard InChI is InChI=1S/C12H20N4O4S/c1-3-12(13,4-2)8-15-10-6-5-9(21(14,19)20)7-11(10)16(17)18/h5-7,15H,3-4,8,13H2,1-2H3,(H2,14,19,20). The van der Waals surface area contributed by atoms with Crippen molar-refractivity contribution < 1.29 is 13.3 Å². The average Bonchev–Trinajstić information content (AvgIpc) is 2.43. The molecule has 0 amide bonds. The number of hydrogen-bond acceptors (Lipinski definition) is 6. The van der Waals surface area contributed by atoms with E-state index in [1.54, 1.807) is 0 Å². The fraction of sp³-hybridized carbons (Fsp3) is 0.500. The molecule has 0 aliphatic rings. The summed E-state index contributed by atoms with van der Waals surface area (Å²) in [6, 6.07) is 3.48. The molecule has 5 N–H and O–H groups in total. The highest BCUT2D eigenvalue weighted by molar-refractivity contribution is 7.89. The number of nitrogens with one attached hydrogen (secondary N) is 1. The van der Waals surface area contributed by atoms with Crippen LogP contribution in [0.4, 0.5) is 11.4 Å². The highest BCUT2D eigenvalue weighted by atomic mass is 32.2. The van der Waals surface area contributed by atoms with Crippen LogP contribution in [0.2, 0.25) is 0 Å². The summed E-state index contributed by atoms with van der Waals surface area (Å²) < 4.78 is 22.5. The third kappa shape index (κ3) is 4.38. The summed E-state index contributed by atoms with van der Waals surface area (Å²) in [5, 5.41) is 18.9. The van der Waals surface area contributed by atoms with E-state index in [4.69, 9.17) is 10.9 Å². The van der Waals surface area contributed by atoms with E-state index in [2.05, 4.69) is 5.32 Å². The summed E-state index contributed by atoms with van der Waals surface area (Å²) in [4.78, 5) is 10.1. The van der Waals surface area contributed by atoms with E-state index in [1.165, 1.54) is 12.1 Å². The number of sulfonamides is 1. The average molecular weight is 316 g/mol. The van der Waals surface area contributed by atoms with Gasteiger partial charge in [-0.15, -0.1) is 0 Å². The highest BCUT2D eigenvalue weighted by Crippen LogP contribution is 2.28. The third-order valence-electron chi connectivity index (χ3n) is 3.53. The van der Waals surface area contributed by atoms with Crippen molar-refractivity contribution in [2.24, 2.45) is 10.9 Å². The molecule has 0 heterocycles. The molecule has 118 valence electrons. The molecule has 0 saturated heterocycles. The summed E-state index contributed by atoms with van der Waals surface area (Å²) in [6.45, 7) is 4.21. The number of nitrogens with two attached hydrogens (primary N) is 2. The molecule has 0 radical (unpaired) electrons. The Morgan fingerprint density at radius 1 is 1.33 bits per heavy atom. The minimum Gasteiger partial charge on any atom is -0.378 e. The topological polar surface area (TPSA) is 141 Å². The van der Waals surface area contributed by atoms with Gasteiger partial charge in [-0.25, -0.2) is 13.6 Å². The Morgan fingerprint density at radius 3 is 2.33 bits per heavy atom. The van der Waals surface area contributed by atoms with Gasteiger partial charge in [0.15, 0.2) is 0 Å². The quantitative estimate of drug-likeness (QED) is 0.509. The zero-order valence-corrected chi connectivity index (χ0v) is 12.8. The van der Waals surface area contributed by atoms with Gasteiger partial charge in [0, 0.05) is 18.2 Å². The van der Waals surface area contributed by atoms with E-state index in [0.29, 0.717) is 19.4 Å². The smallest absolute Gasteiger partial charge is 0.293 e. The second-order valence-corrected chi connectivity index (χ2v) is 6.47. The van der Waals surface area contributed by atoms with Crippen LogP contribution in [0.1, 0.15) is 26.7 Å². The summed E-state index contributed by atoms with van der Waals surface area (Å²) in [7, 11) is -3.99. The van der Waals surface area contributed by atoms with Crippen LogP contribution < -0.4 is 16.2 Å².